The molecule has 5 nitrogen and oxygen atoms in total. The summed E-state index contributed by atoms with van der Waals surface area (Å²) in [6.07, 6.45) is 8.24. The van der Waals surface area contributed by atoms with Gasteiger partial charge in [-0.05, 0) is 96.2 Å². The summed E-state index contributed by atoms with van der Waals surface area (Å²) in [5.74, 6) is 0.237. The quantitative estimate of drug-likeness (QED) is 0.289. The van der Waals surface area contributed by atoms with Crippen LogP contribution in [0.2, 0.25) is 0 Å². The second kappa shape index (κ2) is 10.2. The van der Waals surface area contributed by atoms with Crippen molar-refractivity contribution >= 4 is 12.0 Å². The number of phenolic OH excluding ortho intramolecular Hbond substituents is 1. The molecule has 0 aliphatic heterocycles. The van der Waals surface area contributed by atoms with E-state index in [0.717, 1.165) is 48.2 Å². The average Bonchev–Trinajstić information content (AvgIpc) is 3.47. The molecule has 1 amide bonds. The van der Waals surface area contributed by atoms with Gasteiger partial charge >= 0.3 is 0 Å². The Morgan fingerprint density at radius 2 is 1.92 bits per heavy atom. The Morgan fingerprint density at radius 3 is 2.69 bits per heavy atom. The predicted octanol–water partition coefficient (Wildman–Crippen LogP) is 6.56. The van der Waals surface area contributed by atoms with Gasteiger partial charge in [0.05, 0.1) is 30.0 Å². The standard InChI is InChI=1S/C33H32FN3O2/c1-33-20-24-21-35-37(28-14-12-27(34)13-15-28)31(24)19-26(33)11-10-25(33)18-30(23-7-3-2-4-8-23)36-32(39)17-22-6-5-9-29(38)16-22/h2-9,12-16,19,21,25,30,38H,10-11,17-18,20H2,1H3,(H,36,39)/t25-,30?,33-/m1/s1. The predicted molar refractivity (Wildman–Crippen MR) is 150 cm³/mol. The summed E-state index contributed by atoms with van der Waals surface area (Å²) in [5, 5.41) is 17.8. The molecule has 2 aliphatic carbocycles. The van der Waals surface area contributed by atoms with E-state index >= 15 is 0 Å². The third-order valence-corrected chi connectivity index (χ3v) is 8.56. The van der Waals surface area contributed by atoms with E-state index in [9.17, 15) is 14.3 Å². The molecular weight excluding hydrogens is 489 g/mol. The first kappa shape index (κ1) is 25.1. The minimum atomic E-state index is -0.258. The van der Waals surface area contributed by atoms with Crippen LogP contribution in [0.4, 0.5) is 4.39 Å². The van der Waals surface area contributed by atoms with E-state index in [-0.39, 0.29) is 35.4 Å². The largest absolute Gasteiger partial charge is 0.508 e. The number of nitrogens with zero attached hydrogens (tertiary/aromatic N) is 2. The summed E-state index contributed by atoms with van der Waals surface area (Å²) >= 11 is 0. The van der Waals surface area contributed by atoms with Crippen LogP contribution in [0.25, 0.3) is 11.8 Å². The van der Waals surface area contributed by atoms with E-state index in [0.29, 0.717) is 5.92 Å². The number of benzene rings is 3. The van der Waals surface area contributed by atoms with E-state index < -0.39 is 0 Å². The summed E-state index contributed by atoms with van der Waals surface area (Å²) in [5.41, 5.74) is 6.41. The number of aromatic nitrogens is 2. The normalized spacial score (nSPS) is 20.6. The van der Waals surface area contributed by atoms with Gasteiger partial charge in [-0.15, -0.1) is 0 Å². The number of allylic oxidation sites excluding steroid dienone is 1. The maximum absolute atomic E-state index is 13.5. The molecule has 2 N–H and O–H groups in total. The molecule has 6 heteroatoms. The summed E-state index contributed by atoms with van der Waals surface area (Å²) in [6.45, 7) is 2.35. The van der Waals surface area contributed by atoms with Gasteiger partial charge in [-0.2, -0.15) is 5.10 Å². The Morgan fingerprint density at radius 1 is 1.13 bits per heavy atom. The zero-order chi connectivity index (χ0) is 27.0. The molecule has 1 fully saturated rings. The van der Waals surface area contributed by atoms with E-state index in [1.165, 1.54) is 23.3 Å². The number of nitrogens with one attached hydrogen (secondary N) is 1. The molecular formula is C33H32FN3O2. The van der Waals surface area contributed by atoms with Crippen molar-refractivity contribution in [3.8, 4) is 11.4 Å². The monoisotopic (exact) mass is 521 g/mol. The fourth-order valence-corrected chi connectivity index (χ4v) is 6.44. The Bertz CT molecular complexity index is 1530. The molecule has 3 aromatic carbocycles. The summed E-state index contributed by atoms with van der Waals surface area (Å²) in [6, 6.07) is 23.4. The number of aromatic hydroxyl groups is 1. The number of amides is 1. The van der Waals surface area contributed by atoms with Gasteiger partial charge in [-0.1, -0.05) is 55.0 Å². The maximum Gasteiger partial charge on any atom is 0.224 e. The van der Waals surface area contributed by atoms with Gasteiger partial charge in [0.2, 0.25) is 5.91 Å². The Balaban J connectivity index is 1.24. The number of fused-ring (bicyclic) bond motifs is 2. The first-order valence-electron chi connectivity index (χ1n) is 13.6. The van der Waals surface area contributed by atoms with Crippen molar-refractivity contribution in [2.45, 2.75) is 45.1 Å². The van der Waals surface area contributed by atoms with Crippen LogP contribution in [0.15, 0.2) is 90.6 Å². The molecule has 3 atom stereocenters. The molecule has 2 aliphatic rings. The van der Waals surface area contributed by atoms with Gasteiger partial charge in [0.15, 0.2) is 0 Å². The molecule has 1 aromatic heterocycles. The summed E-state index contributed by atoms with van der Waals surface area (Å²) < 4.78 is 15.4. The number of halogens is 1. The zero-order valence-corrected chi connectivity index (χ0v) is 22.0. The highest BCUT2D eigenvalue weighted by molar-refractivity contribution is 5.79. The van der Waals surface area contributed by atoms with Crippen molar-refractivity contribution in [1.29, 1.82) is 0 Å². The van der Waals surface area contributed by atoms with Crippen LogP contribution < -0.4 is 5.32 Å². The SMILES string of the molecule is C[C@]12Cc3cnn(-c4ccc(F)cc4)c3C=C1CC[C@@H]2CC(NC(=O)Cc1cccc(O)c1)c1ccccc1. The highest BCUT2D eigenvalue weighted by Gasteiger charge is 2.46. The minimum absolute atomic E-state index is 0.0212. The Kier molecular flexibility index (Phi) is 6.55. The smallest absolute Gasteiger partial charge is 0.224 e. The molecule has 0 saturated heterocycles. The van der Waals surface area contributed by atoms with Crippen LogP contribution in [0.5, 0.6) is 5.75 Å². The van der Waals surface area contributed by atoms with Gasteiger partial charge in [0.1, 0.15) is 11.6 Å². The molecule has 0 radical (unpaired) electrons. The molecule has 39 heavy (non-hydrogen) atoms. The molecule has 0 spiro atoms. The van der Waals surface area contributed by atoms with Gasteiger partial charge in [-0.25, -0.2) is 9.07 Å². The van der Waals surface area contributed by atoms with Crippen LogP contribution in [-0.4, -0.2) is 20.8 Å². The number of hydrogen-bond acceptors (Lipinski definition) is 3. The van der Waals surface area contributed by atoms with E-state index in [2.05, 4.69) is 35.5 Å². The number of rotatable bonds is 7. The van der Waals surface area contributed by atoms with Crippen molar-refractivity contribution in [1.82, 2.24) is 15.1 Å². The first-order chi connectivity index (χ1) is 18.9. The molecule has 4 aromatic rings. The van der Waals surface area contributed by atoms with Crippen molar-refractivity contribution in [3.05, 3.63) is 119 Å². The molecule has 1 saturated carbocycles. The van der Waals surface area contributed by atoms with Crippen LogP contribution >= 0.6 is 0 Å². The lowest BCUT2D eigenvalue weighted by Gasteiger charge is -2.37. The van der Waals surface area contributed by atoms with Crippen molar-refractivity contribution in [2.24, 2.45) is 11.3 Å². The van der Waals surface area contributed by atoms with Crippen LogP contribution in [0.3, 0.4) is 0 Å². The molecule has 6 rings (SSSR count). The Hall–Kier alpha value is -4.19. The van der Waals surface area contributed by atoms with Crippen molar-refractivity contribution < 1.29 is 14.3 Å². The lowest BCUT2D eigenvalue weighted by molar-refractivity contribution is -0.121. The first-order valence-corrected chi connectivity index (χ1v) is 13.6. The minimum Gasteiger partial charge on any atom is -0.508 e. The van der Waals surface area contributed by atoms with Crippen LogP contribution in [0.1, 0.15) is 54.6 Å². The molecule has 1 unspecified atom stereocenters. The van der Waals surface area contributed by atoms with Gasteiger partial charge in [0, 0.05) is 0 Å². The highest BCUT2D eigenvalue weighted by atomic mass is 19.1. The maximum atomic E-state index is 13.5. The summed E-state index contributed by atoms with van der Waals surface area (Å²) in [4.78, 5) is 13.1. The molecule has 198 valence electrons. The van der Waals surface area contributed by atoms with E-state index in [4.69, 9.17) is 0 Å². The molecule has 1 heterocycles. The number of carbonyl (C=O) groups is 1. The fraction of sp³-hybridized carbons (Fsp3) is 0.273. The number of hydrogen-bond donors (Lipinski definition) is 2. The zero-order valence-electron chi connectivity index (χ0n) is 22.0. The van der Waals surface area contributed by atoms with Crippen molar-refractivity contribution in [2.75, 3.05) is 0 Å². The van der Waals surface area contributed by atoms with Gasteiger partial charge in [-0.3, -0.25) is 4.79 Å². The van der Waals surface area contributed by atoms with E-state index in [1.807, 2.05) is 35.1 Å². The lowest BCUT2D eigenvalue weighted by Crippen LogP contribution is -2.35. The lowest BCUT2D eigenvalue weighted by atomic mass is 9.68. The average molecular weight is 522 g/mol. The van der Waals surface area contributed by atoms with E-state index in [1.54, 1.807) is 30.3 Å². The van der Waals surface area contributed by atoms with Gasteiger partial charge in [0.25, 0.3) is 0 Å². The second-order valence-electron chi connectivity index (χ2n) is 11.1. The Labute approximate surface area is 228 Å². The number of carbonyl (C=O) groups excluding carboxylic acids is 1. The topological polar surface area (TPSA) is 67.2 Å². The molecule has 0 bridgehead atoms. The van der Waals surface area contributed by atoms with Crippen LogP contribution in [0, 0.1) is 17.2 Å². The van der Waals surface area contributed by atoms with Gasteiger partial charge < -0.3 is 10.4 Å². The third-order valence-electron chi connectivity index (χ3n) is 8.56. The fourth-order valence-electron chi connectivity index (χ4n) is 6.44. The highest BCUT2D eigenvalue weighted by Crippen LogP contribution is 2.55. The van der Waals surface area contributed by atoms with Crippen molar-refractivity contribution in [3.63, 3.8) is 0 Å². The second-order valence-corrected chi connectivity index (χ2v) is 11.1. The number of phenols is 1. The third kappa shape index (κ3) is 4.99. The summed E-state index contributed by atoms with van der Waals surface area (Å²) in [7, 11) is 0. The van der Waals surface area contributed by atoms with Crippen LogP contribution in [-0.2, 0) is 17.6 Å².